The van der Waals surface area contributed by atoms with Crippen molar-refractivity contribution in [1.29, 1.82) is 0 Å². The average Bonchev–Trinajstić information content (AvgIpc) is 2.76. The molecule has 3 aromatic rings. The van der Waals surface area contributed by atoms with Gasteiger partial charge < -0.3 is 15.6 Å². The van der Waals surface area contributed by atoms with Gasteiger partial charge in [-0.15, -0.1) is 0 Å². The van der Waals surface area contributed by atoms with Crippen molar-refractivity contribution in [1.82, 2.24) is 19.6 Å². The lowest BCUT2D eigenvalue weighted by Crippen LogP contribution is -2.09. The molecule has 0 atom stereocenters. The lowest BCUT2D eigenvalue weighted by Gasteiger charge is -2.08. The lowest BCUT2D eigenvalue weighted by molar-refractivity contribution is 0.449. The van der Waals surface area contributed by atoms with E-state index in [0.717, 1.165) is 0 Å². The molecule has 1 aromatic carbocycles. The van der Waals surface area contributed by atoms with Gasteiger partial charge in [-0.2, -0.15) is 5.10 Å². The number of para-hydroxylation sites is 1. The summed E-state index contributed by atoms with van der Waals surface area (Å²) in [5.74, 6) is 0.410. The van der Waals surface area contributed by atoms with Crippen LogP contribution in [0.2, 0.25) is 0 Å². The summed E-state index contributed by atoms with van der Waals surface area (Å²) in [5, 5.41) is 15.5. The minimum absolute atomic E-state index is 0.0745. The van der Waals surface area contributed by atoms with Crippen LogP contribution in [0.1, 0.15) is 0 Å². The summed E-state index contributed by atoms with van der Waals surface area (Å²) in [6, 6.07) is 6.11. The Labute approximate surface area is 106 Å². The van der Waals surface area contributed by atoms with Gasteiger partial charge in [-0.25, -0.2) is 19.3 Å². The summed E-state index contributed by atoms with van der Waals surface area (Å²) >= 11 is 0. The predicted molar refractivity (Wildman–Crippen MR) is 66.2 cm³/mol. The standard InChI is InChI=1S/C11H9N5O3/c12-10-6(17)2-1-3-7(10)19-9-4-8-14-15-11(18)16(8)5-13-9/h1-5,17H,12H2,(H,15,18). The summed E-state index contributed by atoms with van der Waals surface area (Å²) in [6.07, 6.45) is 1.29. The second-order valence-corrected chi connectivity index (χ2v) is 3.78. The Kier molecular flexibility index (Phi) is 2.34. The van der Waals surface area contributed by atoms with Crippen LogP contribution < -0.4 is 16.2 Å². The van der Waals surface area contributed by atoms with Gasteiger partial charge in [-0.1, -0.05) is 6.07 Å². The van der Waals surface area contributed by atoms with Crippen LogP contribution in [0.4, 0.5) is 5.69 Å². The quantitative estimate of drug-likeness (QED) is 0.455. The van der Waals surface area contributed by atoms with Crippen molar-refractivity contribution < 1.29 is 9.84 Å². The van der Waals surface area contributed by atoms with Crippen LogP contribution in [0, 0.1) is 0 Å². The molecule has 8 heteroatoms. The molecule has 0 saturated carbocycles. The molecule has 0 fully saturated rings. The van der Waals surface area contributed by atoms with Crippen molar-refractivity contribution in [3.05, 3.63) is 41.1 Å². The molecule has 0 amide bonds. The van der Waals surface area contributed by atoms with Gasteiger partial charge in [0, 0.05) is 6.07 Å². The predicted octanol–water partition coefficient (Wildman–Crippen LogP) is 0.498. The molecule has 96 valence electrons. The Morgan fingerprint density at radius 2 is 2.26 bits per heavy atom. The number of nitrogens with two attached hydrogens (primary N) is 1. The van der Waals surface area contributed by atoms with Crippen molar-refractivity contribution in [3.8, 4) is 17.4 Å². The zero-order valence-corrected chi connectivity index (χ0v) is 9.57. The van der Waals surface area contributed by atoms with Crippen molar-refractivity contribution in [2.45, 2.75) is 0 Å². The van der Waals surface area contributed by atoms with E-state index in [1.807, 2.05) is 0 Å². The van der Waals surface area contributed by atoms with Crippen molar-refractivity contribution in [2.24, 2.45) is 0 Å². The van der Waals surface area contributed by atoms with Crippen LogP contribution in [-0.4, -0.2) is 24.7 Å². The van der Waals surface area contributed by atoms with Crippen LogP contribution in [-0.2, 0) is 0 Å². The number of aromatic amines is 1. The van der Waals surface area contributed by atoms with Gasteiger partial charge >= 0.3 is 5.69 Å². The summed E-state index contributed by atoms with van der Waals surface area (Å²) in [6.45, 7) is 0. The monoisotopic (exact) mass is 259 g/mol. The molecule has 4 N–H and O–H groups in total. The first kappa shape index (κ1) is 11.1. The van der Waals surface area contributed by atoms with Gasteiger partial charge in [0.2, 0.25) is 5.88 Å². The topological polar surface area (TPSA) is 119 Å². The minimum atomic E-state index is -0.383. The number of fused-ring (bicyclic) bond motifs is 1. The van der Waals surface area contributed by atoms with Gasteiger partial charge in [-0.05, 0) is 12.1 Å². The maximum absolute atomic E-state index is 11.3. The van der Waals surface area contributed by atoms with Gasteiger partial charge in [0.05, 0.1) is 0 Å². The molecule has 0 aliphatic rings. The largest absolute Gasteiger partial charge is 0.506 e. The normalized spacial score (nSPS) is 10.7. The first-order chi connectivity index (χ1) is 9.15. The number of aromatic hydroxyl groups is 1. The fraction of sp³-hybridized carbons (Fsp3) is 0. The fourth-order valence-corrected chi connectivity index (χ4v) is 1.58. The van der Waals surface area contributed by atoms with Crippen molar-refractivity contribution in [2.75, 3.05) is 5.73 Å². The smallest absolute Gasteiger partial charge is 0.348 e. The second kappa shape index (κ2) is 4.02. The van der Waals surface area contributed by atoms with E-state index in [0.29, 0.717) is 5.65 Å². The third kappa shape index (κ3) is 1.84. The van der Waals surface area contributed by atoms with E-state index in [1.54, 1.807) is 12.1 Å². The van der Waals surface area contributed by atoms with Crippen LogP contribution in [0.3, 0.4) is 0 Å². The number of anilines is 1. The second-order valence-electron chi connectivity index (χ2n) is 3.78. The minimum Gasteiger partial charge on any atom is -0.506 e. The molecule has 0 radical (unpaired) electrons. The van der Waals surface area contributed by atoms with Gasteiger partial charge in [0.15, 0.2) is 11.4 Å². The van der Waals surface area contributed by atoms with Crippen molar-refractivity contribution in [3.63, 3.8) is 0 Å². The highest BCUT2D eigenvalue weighted by atomic mass is 16.5. The molecule has 0 aliphatic carbocycles. The first-order valence-corrected chi connectivity index (χ1v) is 5.33. The molecule has 19 heavy (non-hydrogen) atoms. The van der Waals surface area contributed by atoms with Crippen LogP contribution >= 0.6 is 0 Å². The third-order valence-corrected chi connectivity index (χ3v) is 2.54. The van der Waals surface area contributed by atoms with E-state index >= 15 is 0 Å². The SMILES string of the molecule is Nc1c(O)cccc1Oc1cc2n[nH]c(=O)n2cn1. The third-order valence-electron chi connectivity index (χ3n) is 2.54. The summed E-state index contributed by atoms with van der Waals surface area (Å²) < 4.78 is 6.68. The molecular weight excluding hydrogens is 250 g/mol. The molecule has 0 aliphatic heterocycles. The molecule has 2 aromatic heterocycles. The molecule has 0 unspecified atom stereocenters. The fourth-order valence-electron chi connectivity index (χ4n) is 1.58. The highest BCUT2D eigenvalue weighted by molar-refractivity contribution is 5.62. The number of ether oxygens (including phenoxy) is 1. The van der Waals surface area contributed by atoms with Crippen LogP contribution in [0.15, 0.2) is 35.4 Å². The maximum atomic E-state index is 11.3. The molecule has 3 rings (SSSR count). The van der Waals surface area contributed by atoms with Gasteiger partial charge in [-0.3, -0.25) is 0 Å². The average molecular weight is 259 g/mol. The first-order valence-electron chi connectivity index (χ1n) is 5.33. The number of hydrogen-bond acceptors (Lipinski definition) is 6. The molecule has 2 heterocycles. The van der Waals surface area contributed by atoms with E-state index in [2.05, 4.69) is 15.2 Å². The Hall–Kier alpha value is -3.03. The Bertz CT molecular complexity index is 807. The number of H-pyrrole nitrogens is 1. The highest BCUT2D eigenvalue weighted by Gasteiger charge is 2.08. The number of phenols is 1. The molecule has 0 saturated heterocycles. The molecular formula is C11H9N5O3. The highest BCUT2D eigenvalue weighted by Crippen LogP contribution is 2.32. The Balaban J connectivity index is 2.01. The van der Waals surface area contributed by atoms with Gasteiger partial charge in [0.1, 0.15) is 17.8 Å². The number of rotatable bonds is 2. The van der Waals surface area contributed by atoms with E-state index < -0.39 is 0 Å². The van der Waals surface area contributed by atoms with Crippen LogP contribution in [0.5, 0.6) is 17.4 Å². The van der Waals surface area contributed by atoms with Crippen molar-refractivity contribution >= 4 is 11.3 Å². The van der Waals surface area contributed by atoms with Crippen LogP contribution in [0.25, 0.3) is 5.65 Å². The molecule has 8 nitrogen and oxygen atoms in total. The number of nitrogens with zero attached hydrogens (tertiary/aromatic N) is 3. The molecule has 0 bridgehead atoms. The van der Waals surface area contributed by atoms with E-state index in [1.165, 1.54) is 22.9 Å². The van der Waals surface area contributed by atoms with E-state index in [-0.39, 0.29) is 28.8 Å². The summed E-state index contributed by atoms with van der Waals surface area (Å²) in [5.41, 5.74) is 5.77. The Morgan fingerprint density at radius 3 is 3.11 bits per heavy atom. The number of phenolic OH excluding ortho intramolecular Hbond substituents is 1. The van der Waals surface area contributed by atoms with Gasteiger partial charge in [0.25, 0.3) is 0 Å². The number of nitrogen functional groups attached to an aromatic ring is 1. The lowest BCUT2D eigenvalue weighted by atomic mass is 10.3. The summed E-state index contributed by atoms with van der Waals surface area (Å²) in [7, 11) is 0. The van der Waals surface area contributed by atoms with E-state index in [9.17, 15) is 9.90 Å². The maximum Gasteiger partial charge on any atom is 0.348 e. The number of hydrogen-bond donors (Lipinski definition) is 3. The number of nitrogens with one attached hydrogen (secondary N) is 1. The Morgan fingerprint density at radius 1 is 1.42 bits per heavy atom. The molecule has 0 spiro atoms. The van der Waals surface area contributed by atoms with E-state index in [4.69, 9.17) is 10.5 Å². The zero-order valence-electron chi connectivity index (χ0n) is 9.57. The zero-order chi connectivity index (χ0) is 13.4. The number of benzene rings is 1. The summed E-state index contributed by atoms with van der Waals surface area (Å²) in [4.78, 5) is 15.2. The number of aromatic nitrogens is 4.